The molecule has 2 atom stereocenters. The van der Waals surface area contributed by atoms with E-state index in [1.54, 1.807) is 12.4 Å². The molecule has 100 valence electrons. The first-order valence-electron chi connectivity index (χ1n) is 6.67. The average molecular weight is 250 g/mol. The van der Waals surface area contributed by atoms with E-state index in [2.05, 4.69) is 28.7 Å². The van der Waals surface area contributed by atoms with Gasteiger partial charge in [-0.1, -0.05) is 13.8 Å². The molecule has 0 aromatic carbocycles. The molecule has 0 amide bonds. The van der Waals surface area contributed by atoms with Crippen LogP contribution >= 0.6 is 0 Å². The first kappa shape index (κ1) is 13.1. The Hall–Kier alpha value is -1.36. The number of anilines is 1. The number of ether oxygens (including phenoxy) is 1. The third-order valence-corrected chi connectivity index (χ3v) is 3.47. The zero-order valence-corrected chi connectivity index (χ0v) is 11.2. The molecule has 18 heavy (non-hydrogen) atoms. The van der Waals surface area contributed by atoms with Crippen molar-refractivity contribution < 1.29 is 4.74 Å². The maximum absolute atomic E-state index is 5.85. The van der Waals surface area contributed by atoms with Gasteiger partial charge in [-0.2, -0.15) is 4.98 Å². The summed E-state index contributed by atoms with van der Waals surface area (Å²) in [6.45, 7) is 6.64. The summed E-state index contributed by atoms with van der Waals surface area (Å²) in [6, 6.07) is 0.362. The molecule has 1 aliphatic heterocycles. The van der Waals surface area contributed by atoms with Gasteiger partial charge in [0.05, 0.1) is 19.0 Å². The molecule has 1 saturated heterocycles. The minimum absolute atomic E-state index is 0.362. The Morgan fingerprint density at radius 1 is 1.50 bits per heavy atom. The molecule has 0 aliphatic carbocycles. The molecule has 2 heterocycles. The number of nitrogens with two attached hydrogens (primary N) is 1. The molecular weight excluding hydrogens is 228 g/mol. The fourth-order valence-electron chi connectivity index (χ4n) is 2.40. The van der Waals surface area contributed by atoms with Crippen molar-refractivity contribution in [2.24, 2.45) is 11.7 Å². The van der Waals surface area contributed by atoms with Gasteiger partial charge in [0.15, 0.2) is 5.82 Å². The molecule has 1 aliphatic rings. The van der Waals surface area contributed by atoms with Gasteiger partial charge in [-0.25, -0.2) is 0 Å². The monoisotopic (exact) mass is 250 g/mol. The van der Waals surface area contributed by atoms with Crippen molar-refractivity contribution in [3.63, 3.8) is 0 Å². The van der Waals surface area contributed by atoms with Crippen LogP contribution in [0.25, 0.3) is 0 Å². The van der Waals surface area contributed by atoms with E-state index in [0.717, 1.165) is 25.2 Å². The van der Waals surface area contributed by atoms with Crippen LogP contribution < -0.4 is 15.4 Å². The predicted molar refractivity (Wildman–Crippen MR) is 71.8 cm³/mol. The molecule has 0 bridgehead atoms. The van der Waals surface area contributed by atoms with E-state index in [4.69, 9.17) is 10.5 Å². The SMILES string of the molecule is CCCOc1cncc(N2CCC(C)C2CN)n1. The fraction of sp³-hybridized carbons (Fsp3) is 0.692. The number of rotatable bonds is 5. The Morgan fingerprint density at radius 3 is 3.06 bits per heavy atom. The molecule has 5 heteroatoms. The molecule has 0 spiro atoms. The zero-order chi connectivity index (χ0) is 13.0. The summed E-state index contributed by atoms with van der Waals surface area (Å²) in [5.74, 6) is 2.09. The van der Waals surface area contributed by atoms with Crippen molar-refractivity contribution >= 4 is 5.82 Å². The third kappa shape index (κ3) is 2.72. The molecule has 1 aromatic heterocycles. The zero-order valence-electron chi connectivity index (χ0n) is 11.2. The summed E-state index contributed by atoms with van der Waals surface area (Å²) in [7, 11) is 0. The molecule has 2 N–H and O–H groups in total. The van der Waals surface area contributed by atoms with Gasteiger partial charge in [0.2, 0.25) is 5.88 Å². The third-order valence-electron chi connectivity index (χ3n) is 3.47. The minimum Gasteiger partial charge on any atom is -0.477 e. The van der Waals surface area contributed by atoms with Crippen LogP contribution in [0.15, 0.2) is 12.4 Å². The van der Waals surface area contributed by atoms with Gasteiger partial charge in [-0.05, 0) is 18.8 Å². The van der Waals surface area contributed by atoms with Crippen LogP contribution in [0.5, 0.6) is 5.88 Å². The van der Waals surface area contributed by atoms with Crippen molar-refractivity contribution in [1.29, 1.82) is 0 Å². The molecule has 0 saturated carbocycles. The van der Waals surface area contributed by atoms with Crippen molar-refractivity contribution in [3.05, 3.63) is 12.4 Å². The summed E-state index contributed by atoms with van der Waals surface area (Å²) in [6.07, 6.45) is 5.58. The average Bonchev–Trinajstić information content (AvgIpc) is 2.77. The van der Waals surface area contributed by atoms with E-state index in [1.807, 2.05) is 0 Å². The Labute approximate surface area is 108 Å². The number of hydrogen-bond donors (Lipinski definition) is 1. The van der Waals surface area contributed by atoms with Crippen LogP contribution in [0.2, 0.25) is 0 Å². The topological polar surface area (TPSA) is 64.3 Å². The normalized spacial score (nSPS) is 23.4. The lowest BCUT2D eigenvalue weighted by Crippen LogP contribution is -2.38. The first-order valence-corrected chi connectivity index (χ1v) is 6.67. The van der Waals surface area contributed by atoms with Gasteiger partial charge in [-0.3, -0.25) is 4.98 Å². The molecule has 1 fully saturated rings. The first-order chi connectivity index (χ1) is 8.76. The van der Waals surface area contributed by atoms with Gasteiger partial charge in [0, 0.05) is 19.1 Å². The summed E-state index contributed by atoms with van der Waals surface area (Å²) in [4.78, 5) is 11.0. The lowest BCUT2D eigenvalue weighted by Gasteiger charge is -2.26. The van der Waals surface area contributed by atoms with Gasteiger partial charge >= 0.3 is 0 Å². The molecule has 1 aromatic rings. The molecule has 2 rings (SSSR count). The number of nitrogens with zero attached hydrogens (tertiary/aromatic N) is 3. The highest BCUT2D eigenvalue weighted by molar-refractivity contribution is 5.41. The largest absolute Gasteiger partial charge is 0.477 e. The summed E-state index contributed by atoms with van der Waals surface area (Å²) in [5.41, 5.74) is 5.85. The molecular formula is C13H22N4O. The van der Waals surface area contributed by atoms with Crippen LogP contribution in [0.4, 0.5) is 5.82 Å². The maximum Gasteiger partial charge on any atom is 0.234 e. The van der Waals surface area contributed by atoms with Crippen molar-refractivity contribution in [2.45, 2.75) is 32.7 Å². The predicted octanol–water partition coefficient (Wildman–Crippen LogP) is 1.44. The molecule has 5 nitrogen and oxygen atoms in total. The van der Waals surface area contributed by atoms with E-state index in [-0.39, 0.29) is 0 Å². The quantitative estimate of drug-likeness (QED) is 0.856. The smallest absolute Gasteiger partial charge is 0.234 e. The highest BCUT2D eigenvalue weighted by Gasteiger charge is 2.31. The highest BCUT2D eigenvalue weighted by Crippen LogP contribution is 2.28. The van der Waals surface area contributed by atoms with Crippen LogP contribution in [0.1, 0.15) is 26.7 Å². The maximum atomic E-state index is 5.85. The standard InChI is InChI=1S/C13H22N4O/c1-3-6-18-13-9-15-8-12(16-13)17-5-4-10(2)11(17)7-14/h8-11H,3-7,14H2,1-2H3. The van der Waals surface area contributed by atoms with Crippen molar-refractivity contribution in [3.8, 4) is 5.88 Å². The van der Waals surface area contributed by atoms with Gasteiger partial charge in [0.1, 0.15) is 0 Å². The number of aromatic nitrogens is 2. The minimum atomic E-state index is 0.362. The second-order valence-electron chi connectivity index (χ2n) is 4.83. The number of hydrogen-bond acceptors (Lipinski definition) is 5. The van der Waals surface area contributed by atoms with Crippen molar-refractivity contribution in [2.75, 3.05) is 24.6 Å². The fourth-order valence-corrected chi connectivity index (χ4v) is 2.40. The molecule has 0 radical (unpaired) electrons. The van der Waals surface area contributed by atoms with E-state index in [1.165, 1.54) is 0 Å². The lowest BCUT2D eigenvalue weighted by molar-refractivity contribution is 0.304. The van der Waals surface area contributed by atoms with Gasteiger partial charge in [0.25, 0.3) is 0 Å². The van der Waals surface area contributed by atoms with E-state index in [0.29, 0.717) is 31.0 Å². The lowest BCUT2D eigenvalue weighted by atomic mass is 10.0. The van der Waals surface area contributed by atoms with E-state index < -0.39 is 0 Å². The van der Waals surface area contributed by atoms with Crippen LogP contribution in [-0.4, -0.2) is 35.7 Å². The molecule has 2 unspecified atom stereocenters. The van der Waals surface area contributed by atoms with E-state index in [9.17, 15) is 0 Å². The van der Waals surface area contributed by atoms with Crippen LogP contribution in [-0.2, 0) is 0 Å². The Bertz CT molecular complexity index is 385. The Balaban J connectivity index is 2.12. The van der Waals surface area contributed by atoms with Crippen LogP contribution in [0, 0.1) is 5.92 Å². The second kappa shape index (κ2) is 6.00. The Morgan fingerprint density at radius 2 is 2.33 bits per heavy atom. The summed E-state index contributed by atoms with van der Waals surface area (Å²) in [5, 5.41) is 0. The van der Waals surface area contributed by atoms with Crippen LogP contribution in [0.3, 0.4) is 0 Å². The van der Waals surface area contributed by atoms with Crippen molar-refractivity contribution in [1.82, 2.24) is 9.97 Å². The van der Waals surface area contributed by atoms with Gasteiger partial charge in [-0.15, -0.1) is 0 Å². The summed E-state index contributed by atoms with van der Waals surface area (Å²) >= 11 is 0. The van der Waals surface area contributed by atoms with E-state index >= 15 is 0 Å². The summed E-state index contributed by atoms with van der Waals surface area (Å²) < 4.78 is 5.52. The van der Waals surface area contributed by atoms with Gasteiger partial charge < -0.3 is 15.4 Å². The Kier molecular flexibility index (Phi) is 4.36. The highest BCUT2D eigenvalue weighted by atomic mass is 16.5. The second-order valence-corrected chi connectivity index (χ2v) is 4.83.